The summed E-state index contributed by atoms with van der Waals surface area (Å²) in [5.74, 6) is 6.66. The van der Waals surface area contributed by atoms with Crippen molar-refractivity contribution in [3.8, 4) is 68.2 Å². The number of carboxylic acids is 4. The van der Waals surface area contributed by atoms with E-state index in [9.17, 15) is 39.6 Å². The minimum atomic E-state index is -1.17. The van der Waals surface area contributed by atoms with Crippen molar-refractivity contribution in [3.05, 3.63) is 167 Å². The van der Waals surface area contributed by atoms with Crippen molar-refractivity contribution in [1.29, 1.82) is 0 Å². The Balaban J connectivity index is 1.31. The highest BCUT2D eigenvalue weighted by Crippen LogP contribution is 2.30. The van der Waals surface area contributed by atoms with Crippen LogP contribution in [0.2, 0.25) is 0 Å². The maximum Gasteiger partial charge on any atom is 0.336 e. The average molecular weight is 683 g/mol. The van der Waals surface area contributed by atoms with E-state index in [0.717, 1.165) is 33.4 Å². The second kappa shape index (κ2) is 14.8. The molecule has 0 saturated heterocycles. The Kier molecular flexibility index (Phi) is 9.75. The normalized spacial score (nSPS) is 10.2. The van der Waals surface area contributed by atoms with Crippen molar-refractivity contribution < 1.29 is 39.6 Å². The second-order valence-electron chi connectivity index (χ2n) is 11.6. The predicted molar refractivity (Wildman–Crippen MR) is 196 cm³/mol. The number of carbonyl (C=O) groups is 4. The molecule has 0 atom stereocenters. The minimum Gasteiger partial charge on any atom is -0.478 e. The van der Waals surface area contributed by atoms with Crippen molar-refractivity contribution in [2.75, 3.05) is 0 Å². The van der Waals surface area contributed by atoms with Crippen LogP contribution < -0.4 is 0 Å². The third kappa shape index (κ3) is 7.63. The highest BCUT2D eigenvalue weighted by Gasteiger charge is 2.13. The Labute approximate surface area is 297 Å². The standard InChI is InChI=1S/C44H26O8/c45-41(46)29-15-11-27(12-16-29)31-7-3-9-33(23-31)35-19-21-39(43(49)50)37(25-35)5-1-2-6-38-26-36(20-22-40(38)44(51)52)34-10-4-8-32(24-34)28-13-17-30(18-14-28)42(47)48/h3-4,7-26H,(H,45,46)(H,47,48)(H,49,50)(H,51,52). The Bertz CT molecular complexity index is 2340. The summed E-state index contributed by atoms with van der Waals surface area (Å²) in [6, 6.07) is 37.6. The molecular weight excluding hydrogens is 656 g/mol. The van der Waals surface area contributed by atoms with E-state index >= 15 is 0 Å². The highest BCUT2D eigenvalue weighted by molar-refractivity contribution is 5.93. The number of hydrogen-bond donors (Lipinski definition) is 4. The molecule has 0 unspecified atom stereocenters. The molecule has 6 aromatic carbocycles. The van der Waals surface area contributed by atoms with E-state index in [1.807, 2.05) is 48.5 Å². The molecule has 0 bridgehead atoms. The first-order chi connectivity index (χ1) is 25.1. The van der Waals surface area contributed by atoms with Gasteiger partial charge in [0.05, 0.1) is 22.3 Å². The van der Waals surface area contributed by atoms with Crippen LogP contribution in [0.4, 0.5) is 0 Å². The summed E-state index contributed by atoms with van der Waals surface area (Å²) in [5.41, 5.74) is 7.03. The summed E-state index contributed by atoms with van der Waals surface area (Å²) < 4.78 is 0. The monoisotopic (exact) mass is 682 g/mol. The SMILES string of the molecule is O=C(O)c1ccc(-c2cccc(-c3ccc(C(=O)O)c(C#CC#Cc4cc(-c5cccc(-c6ccc(C(=O)O)cc6)c5)ccc4C(=O)O)c3)c2)cc1. The van der Waals surface area contributed by atoms with Gasteiger partial charge in [0, 0.05) is 11.1 Å². The minimum absolute atomic E-state index is 0.0239. The first-order valence-electron chi connectivity index (χ1n) is 15.7. The van der Waals surface area contributed by atoms with Gasteiger partial charge in [-0.2, -0.15) is 0 Å². The molecule has 0 radical (unpaired) electrons. The lowest BCUT2D eigenvalue weighted by molar-refractivity contribution is 0.0685. The van der Waals surface area contributed by atoms with Crippen LogP contribution in [0, 0.1) is 23.7 Å². The van der Waals surface area contributed by atoms with Gasteiger partial charge >= 0.3 is 23.9 Å². The van der Waals surface area contributed by atoms with Gasteiger partial charge in [-0.15, -0.1) is 0 Å². The van der Waals surface area contributed by atoms with Gasteiger partial charge in [-0.05, 0) is 117 Å². The van der Waals surface area contributed by atoms with Crippen molar-refractivity contribution in [2.45, 2.75) is 0 Å². The van der Waals surface area contributed by atoms with Crippen molar-refractivity contribution >= 4 is 23.9 Å². The van der Waals surface area contributed by atoms with Crippen molar-refractivity contribution in [3.63, 3.8) is 0 Å². The molecule has 250 valence electrons. The number of rotatable bonds is 8. The molecule has 0 aliphatic heterocycles. The molecule has 0 aliphatic rings. The maximum atomic E-state index is 12.1. The van der Waals surface area contributed by atoms with Crippen molar-refractivity contribution in [2.24, 2.45) is 0 Å². The van der Waals surface area contributed by atoms with Gasteiger partial charge in [0.25, 0.3) is 0 Å². The molecule has 6 aromatic rings. The van der Waals surface area contributed by atoms with Crippen molar-refractivity contribution in [1.82, 2.24) is 0 Å². The molecule has 0 spiro atoms. The zero-order valence-electron chi connectivity index (χ0n) is 27.1. The fraction of sp³-hybridized carbons (Fsp3) is 0. The summed E-state index contributed by atoms with van der Waals surface area (Å²) in [6.45, 7) is 0. The number of aromatic carboxylic acids is 4. The lowest BCUT2D eigenvalue weighted by atomic mass is 9.95. The molecule has 0 aromatic heterocycles. The van der Waals surface area contributed by atoms with Gasteiger partial charge in [0.1, 0.15) is 0 Å². The van der Waals surface area contributed by atoms with Crippen LogP contribution in [0.1, 0.15) is 52.6 Å². The van der Waals surface area contributed by atoms with Gasteiger partial charge in [-0.3, -0.25) is 0 Å². The average Bonchev–Trinajstić information content (AvgIpc) is 3.16. The second-order valence-corrected chi connectivity index (χ2v) is 11.6. The molecule has 4 N–H and O–H groups in total. The van der Waals surface area contributed by atoms with E-state index in [1.54, 1.807) is 48.5 Å². The summed E-state index contributed by atoms with van der Waals surface area (Å²) in [5, 5.41) is 38.1. The zero-order valence-corrected chi connectivity index (χ0v) is 27.1. The summed E-state index contributed by atoms with van der Waals surface area (Å²) in [6.07, 6.45) is 0. The van der Waals surface area contributed by atoms with Crippen LogP contribution in [-0.4, -0.2) is 44.3 Å². The topological polar surface area (TPSA) is 149 Å². The summed E-state index contributed by atoms with van der Waals surface area (Å²) >= 11 is 0. The first kappa shape index (κ1) is 34.2. The number of benzene rings is 6. The molecule has 0 saturated carbocycles. The molecule has 8 nitrogen and oxygen atoms in total. The molecular formula is C44H26O8. The zero-order chi connectivity index (χ0) is 36.8. The van der Waals surface area contributed by atoms with E-state index in [0.29, 0.717) is 11.1 Å². The Morgan fingerprint density at radius 1 is 0.346 bits per heavy atom. The van der Waals surface area contributed by atoms with Crippen LogP contribution >= 0.6 is 0 Å². The van der Waals surface area contributed by atoms with Crippen LogP contribution in [0.15, 0.2) is 133 Å². The van der Waals surface area contributed by atoms with Crippen LogP contribution in [0.25, 0.3) is 44.5 Å². The van der Waals surface area contributed by atoms with Gasteiger partial charge in [-0.1, -0.05) is 84.6 Å². The predicted octanol–water partition coefficient (Wildman–Crippen LogP) is 8.55. The van der Waals surface area contributed by atoms with Crippen LogP contribution in [-0.2, 0) is 0 Å². The lowest BCUT2D eigenvalue weighted by Gasteiger charge is -2.08. The molecule has 0 aliphatic carbocycles. The van der Waals surface area contributed by atoms with E-state index in [2.05, 4.69) is 23.7 Å². The summed E-state index contributed by atoms with van der Waals surface area (Å²) in [4.78, 5) is 46.6. The molecule has 0 amide bonds. The molecule has 52 heavy (non-hydrogen) atoms. The summed E-state index contributed by atoms with van der Waals surface area (Å²) in [7, 11) is 0. The largest absolute Gasteiger partial charge is 0.478 e. The third-order valence-corrected chi connectivity index (χ3v) is 8.28. The van der Waals surface area contributed by atoms with Gasteiger partial charge in [-0.25, -0.2) is 19.2 Å². The fourth-order valence-electron chi connectivity index (χ4n) is 5.59. The van der Waals surface area contributed by atoms with Gasteiger partial charge in [0.2, 0.25) is 0 Å². The van der Waals surface area contributed by atoms with Gasteiger partial charge < -0.3 is 20.4 Å². The van der Waals surface area contributed by atoms with E-state index in [4.69, 9.17) is 0 Å². The Morgan fingerprint density at radius 3 is 0.981 bits per heavy atom. The Morgan fingerprint density at radius 2 is 0.654 bits per heavy atom. The molecule has 8 heteroatoms. The quantitative estimate of drug-likeness (QED) is 0.117. The van der Waals surface area contributed by atoms with E-state index < -0.39 is 23.9 Å². The Hall–Kier alpha value is -7.68. The number of carboxylic acid groups (broad SMARTS) is 4. The smallest absolute Gasteiger partial charge is 0.336 e. The molecule has 0 fully saturated rings. The van der Waals surface area contributed by atoms with Crippen LogP contribution in [0.5, 0.6) is 0 Å². The molecule has 0 heterocycles. The maximum absolute atomic E-state index is 12.1. The molecule has 6 rings (SSSR count). The van der Waals surface area contributed by atoms with Gasteiger partial charge in [0.15, 0.2) is 0 Å². The van der Waals surface area contributed by atoms with Crippen LogP contribution in [0.3, 0.4) is 0 Å². The first-order valence-corrected chi connectivity index (χ1v) is 15.7. The highest BCUT2D eigenvalue weighted by atomic mass is 16.4. The number of hydrogen-bond acceptors (Lipinski definition) is 4. The van der Waals surface area contributed by atoms with E-state index in [-0.39, 0.29) is 33.4 Å². The third-order valence-electron chi connectivity index (χ3n) is 8.28. The lowest BCUT2D eigenvalue weighted by Crippen LogP contribution is -2.00. The van der Waals surface area contributed by atoms with E-state index in [1.165, 1.54) is 36.4 Å². The fourth-order valence-corrected chi connectivity index (χ4v) is 5.59.